The van der Waals surface area contributed by atoms with Gasteiger partial charge in [-0.05, 0) is 36.8 Å². The molecule has 1 atom stereocenters. The molecule has 1 rings (SSSR count). The molecule has 1 amide bonds. The SMILES string of the molecule is CCNC(=O)OCC(C)SSc1ccccn1. The molecule has 0 fully saturated rings. The number of aromatic nitrogens is 1. The molecule has 4 nitrogen and oxygen atoms in total. The van der Waals surface area contributed by atoms with Gasteiger partial charge in [-0.2, -0.15) is 0 Å². The summed E-state index contributed by atoms with van der Waals surface area (Å²) in [6, 6.07) is 5.79. The Morgan fingerprint density at radius 2 is 2.41 bits per heavy atom. The van der Waals surface area contributed by atoms with Crippen LogP contribution < -0.4 is 5.32 Å². The van der Waals surface area contributed by atoms with Crippen molar-refractivity contribution in [1.29, 1.82) is 0 Å². The molecular formula is C11H16N2O2S2. The highest BCUT2D eigenvalue weighted by molar-refractivity contribution is 8.76. The van der Waals surface area contributed by atoms with E-state index in [-0.39, 0.29) is 11.3 Å². The van der Waals surface area contributed by atoms with Crippen LogP contribution in [0.1, 0.15) is 13.8 Å². The molecule has 1 N–H and O–H groups in total. The Hall–Kier alpha value is -0.880. The summed E-state index contributed by atoms with van der Waals surface area (Å²) in [7, 11) is 3.23. The average Bonchev–Trinajstić information content (AvgIpc) is 2.35. The molecule has 0 bridgehead atoms. The topological polar surface area (TPSA) is 51.2 Å². The van der Waals surface area contributed by atoms with Gasteiger partial charge < -0.3 is 10.1 Å². The third kappa shape index (κ3) is 6.43. The Morgan fingerprint density at radius 3 is 3.06 bits per heavy atom. The van der Waals surface area contributed by atoms with Gasteiger partial charge in [0.15, 0.2) is 0 Å². The minimum absolute atomic E-state index is 0.226. The van der Waals surface area contributed by atoms with Crippen LogP contribution in [0.15, 0.2) is 29.4 Å². The fourth-order valence-corrected chi connectivity index (χ4v) is 2.82. The highest BCUT2D eigenvalue weighted by Gasteiger charge is 2.08. The summed E-state index contributed by atoms with van der Waals surface area (Å²) in [4.78, 5) is 15.3. The van der Waals surface area contributed by atoms with Crippen molar-refractivity contribution in [1.82, 2.24) is 10.3 Å². The van der Waals surface area contributed by atoms with Crippen LogP contribution in [0.25, 0.3) is 0 Å². The fraction of sp³-hybridized carbons (Fsp3) is 0.455. The van der Waals surface area contributed by atoms with Gasteiger partial charge in [0.2, 0.25) is 0 Å². The second-order valence-corrected chi connectivity index (χ2v) is 5.95. The molecule has 0 saturated carbocycles. The molecule has 94 valence electrons. The molecule has 0 aliphatic rings. The number of carbonyl (C=O) groups is 1. The number of amides is 1. The second-order valence-electron chi connectivity index (χ2n) is 3.29. The lowest BCUT2D eigenvalue weighted by atomic mass is 10.5. The van der Waals surface area contributed by atoms with E-state index in [9.17, 15) is 4.79 Å². The lowest BCUT2D eigenvalue weighted by Crippen LogP contribution is -2.25. The molecule has 0 aliphatic heterocycles. The van der Waals surface area contributed by atoms with Gasteiger partial charge in [0.1, 0.15) is 11.6 Å². The summed E-state index contributed by atoms with van der Waals surface area (Å²) in [6.45, 7) is 4.86. The second kappa shape index (κ2) is 8.25. The zero-order valence-corrected chi connectivity index (χ0v) is 11.5. The average molecular weight is 272 g/mol. The molecular weight excluding hydrogens is 256 g/mol. The number of hydrogen-bond donors (Lipinski definition) is 1. The van der Waals surface area contributed by atoms with Crippen LogP contribution in [0, 0.1) is 0 Å². The summed E-state index contributed by atoms with van der Waals surface area (Å²) in [6.07, 6.45) is 1.40. The predicted octanol–water partition coefficient (Wildman–Crippen LogP) is 2.96. The first kappa shape index (κ1) is 14.2. The third-order valence-electron chi connectivity index (χ3n) is 1.71. The first-order chi connectivity index (χ1) is 8.22. The van der Waals surface area contributed by atoms with Crippen LogP contribution in [0.3, 0.4) is 0 Å². The Kier molecular flexibility index (Phi) is 6.88. The van der Waals surface area contributed by atoms with Crippen LogP contribution >= 0.6 is 21.6 Å². The number of pyridine rings is 1. The van der Waals surface area contributed by atoms with Gasteiger partial charge in [0, 0.05) is 18.0 Å². The molecule has 0 saturated heterocycles. The number of hydrogen-bond acceptors (Lipinski definition) is 5. The summed E-state index contributed by atoms with van der Waals surface area (Å²) < 4.78 is 5.03. The Morgan fingerprint density at radius 1 is 1.59 bits per heavy atom. The minimum Gasteiger partial charge on any atom is -0.448 e. The highest BCUT2D eigenvalue weighted by Crippen LogP contribution is 2.32. The Labute approximate surface area is 109 Å². The van der Waals surface area contributed by atoms with Crippen molar-refractivity contribution in [3.05, 3.63) is 24.4 Å². The minimum atomic E-state index is -0.359. The van der Waals surface area contributed by atoms with Crippen molar-refractivity contribution in [2.45, 2.75) is 24.1 Å². The maximum atomic E-state index is 11.1. The van der Waals surface area contributed by atoms with Crippen molar-refractivity contribution in [2.24, 2.45) is 0 Å². The maximum absolute atomic E-state index is 11.1. The molecule has 1 unspecified atom stereocenters. The van der Waals surface area contributed by atoms with Gasteiger partial charge in [0.25, 0.3) is 0 Å². The van der Waals surface area contributed by atoms with Crippen molar-refractivity contribution in [3.8, 4) is 0 Å². The van der Waals surface area contributed by atoms with E-state index in [1.807, 2.05) is 32.0 Å². The van der Waals surface area contributed by atoms with Crippen LogP contribution in [0.5, 0.6) is 0 Å². The Bertz CT molecular complexity index is 336. The monoisotopic (exact) mass is 272 g/mol. The number of carbonyl (C=O) groups excluding carboxylic acids is 1. The van der Waals surface area contributed by atoms with E-state index in [1.165, 1.54) is 0 Å². The van der Waals surface area contributed by atoms with E-state index < -0.39 is 0 Å². The fourth-order valence-electron chi connectivity index (χ4n) is 0.944. The lowest BCUT2D eigenvalue weighted by Gasteiger charge is -2.10. The molecule has 0 aliphatic carbocycles. The van der Waals surface area contributed by atoms with Crippen molar-refractivity contribution >= 4 is 27.7 Å². The summed E-state index contributed by atoms with van der Waals surface area (Å²) >= 11 is 0. The molecule has 6 heteroatoms. The first-order valence-electron chi connectivity index (χ1n) is 5.37. The number of nitrogens with zero attached hydrogens (tertiary/aromatic N) is 1. The molecule has 17 heavy (non-hydrogen) atoms. The molecule has 0 aromatic carbocycles. The molecule has 0 radical (unpaired) electrons. The van der Waals surface area contributed by atoms with Gasteiger partial charge in [-0.25, -0.2) is 9.78 Å². The molecule has 0 spiro atoms. The van der Waals surface area contributed by atoms with Crippen LogP contribution in [-0.4, -0.2) is 29.5 Å². The van der Waals surface area contributed by atoms with Crippen molar-refractivity contribution in [3.63, 3.8) is 0 Å². The zero-order valence-electron chi connectivity index (χ0n) is 9.88. The van der Waals surface area contributed by atoms with Gasteiger partial charge in [-0.1, -0.05) is 16.9 Å². The predicted molar refractivity (Wildman–Crippen MR) is 72.2 cm³/mol. The number of alkyl carbamates (subject to hydrolysis) is 1. The van der Waals surface area contributed by atoms with E-state index >= 15 is 0 Å². The van der Waals surface area contributed by atoms with Crippen molar-refractivity contribution < 1.29 is 9.53 Å². The maximum Gasteiger partial charge on any atom is 0.407 e. The number of nitrogens with one attached hydrogen (secondary N) is 1. The van der Waals surface area contributed by atoms with Crippen LogP contribution in [0.4, 0.5) is 4.79 Å². The van der Waals surface area contributed by atoms with E-state index in [0.717, 1.165) is 5.03 Å². The van der Waals surface area contributed by atoms with E-state index in [1.54, 1.807) is 27.8 Å². The Balaban J connectivity index is 2.17. The standard InChI is InChI=1S/C11H16N2O2S2/c1-3-12-11(14)15-8-9(2)16-17-10-6-4-5-7-13-10/h4-7,9H,3,8H2,1-2H3,(H,12,14). The van der Waals surface area contributed by atoms with E-state index in [4.69, 9.17) is 4.74 Å². The third-order valence-corrected chi connectivity index (χ3v) is 4.47. The van der Waals surface area contributed by atoms with Gasteiger partial charge in [-0.15, -0.1) is 0 Å². The first-order valence-corrected chi connectivity index (χ1v) is 7.58. The highest BCUT2D eigenvalue weighted by atomic mass is 33.1. The normalized spacial score (nSPS) is 11.9. The summed E-state index contributed by atoms with van der Waals surface area (Å²) in [5.41, 5.74) is 0. The van der Waals surface area contributed by atoms with Gasteiger partial charge in [0.05, 0.1) is 0 Å². The van der Waals surface area contributed by atoms with Crippen molar-refractivity contribution in [2.75, 3.05) is 13.2 Å². The molecule has 1 heterocycles. The smallest absolute Gasteiger partial charge is 0.407 e. The molecule has 1 aromatic heterocycles. The summed E-state index contributed by atoms with van der Waals surface area (Å²) in [5.74, 6) is 0. The molecule has 1 aromatic rings. The van der Waals surface area contributed by atoms with Gasteiger partial charge >= 0.3 is 6.09 Å². The quantitative estimate of drug-likeness (QED) is 0.807. The van der Waals surface area contributed by atoms with Gasteiger partial charge in [-0.3, -0.25) is 0 Å². The van der Waals surface area contributed by atoms with Crippen LogP contribution in [0.2, 0.25) is 0 Å². The summed E-state index contributed by atoms with van der Waals surface area (Å²) in [5, 5.41) is 3.77. The largest absolute Gasteiger partial charge is 0.448 e. The van der Waals surface area contributed by atoms with Crippen LogP contribution in [-0.2, 0) is 4.74 Å². The van der Waals surface area contributed by atoms with E-state index in [2.05, 4.69) is 10.3 Å². The zero-order chi connectivity index (χ0) is 12.5. The van der Waals surface area contributed by atoms with E-state index in [0.29, 0.717) is 13.2 Å². The number of ether oxygens (including phenoxy) is 1. The lowest BCUT2D eigenvalue weighted by molar-refractivity contribution is 0.148. The number of rotatable bonds is 6.